The third kappa shape index (κ3) is 3.63. The van der Waals surface area contributed by atoms with Gasteiger partial charge < -0.3 is 9.80 Å². The van der Waals surface area contributed by atoms with Crippen LogP contribution in [0.25, 0.3) is 16.7 Å². The molecule has 4 aromatic rings. The number of aromatic nitrogens is 4. The molecular formula is C24H24N6O. The molecule has 0 unspecified atom stereocenters. The molecule has 0 saturated carbocycles. The highest BCUT2D eigenvalue weighted by atomic mass is 16.2. The topological polar surface area (TPSA) is 67.2 Å². The molecule has 7 heteroatoms. The number of amides is 1. The molecule has 2 aromatic heterocycles. The van der Waals surface area contributed by atoms with E-state index in [0.29, 0.717) is 18.9 Å². The number of rotatable bonds is 3. The van der Waals surface area contributed by atoms with Crippen LogP contribution in [0.5, 0.6) is 0 Å². The molecule has 5 rings (SSSR count). The van der Waals surface area contributed by atoms with Gasteiger partial charge in [0.15, 0.2) is 5.65 Å². The van der Waals surface area contributed by atoms with Crippen molar-refractivity contribution in [1.82, 2.24) is 24.6 Å². The molecule has 7 nitrogen and oxygen atoms in total. The molecule has 0 aliphatic carbocycles. The number of fused-ring (bicyclic) bond motifs is 1. The molecule has 0 radical (unpaired) electrons. The van der Waals surface area contributed by atoms with Crippen LogP contribution in [-0.4, -0.2) is 56.7 Å². The maximum atomic E-state index is 12.8. The second kappa shape index (κ2) is 7.83. The summed E-state index contributed by atoms with van der Waals surface area (Å²) >= 11 is 0. The first kappa shape index (κ1) is 19.2. The summed E-state index contributed by atoms with van der Waals surface area (Å²) in [5.41, 5.74) is 3.71. The van der Waals surface area contributed by atoms with Crippen LogP contribution >= 0.6 is 0 Å². The largest absolute Gasteiger partial charge is 0.352 e. The van der Waals surface area contributed by atoms with Gasteiger partial charge in [-0.3, -0.25) is 4.79 Å². The molecule has 1 aliphatic rings. The number of nitrogens with zero attached hydrogens (tertiary/aromatic N) is 6. The Morgan fingerprint density at radius 3 is 2.29 bits per heavy atom. The van der Waals surface area contributed by atoms with Crippen molar-refractivity contribution in [2.24, 2.45) is 0 Å². The summed E-state index contributed by atoms with van der Waals surface area (Å²) in [6, 6.07) is 17.7. The zero-order chi connectivity index (χ0) is 21.4. The quantitative estimate of drug-likeness (QED) is 0.516. The van der Waals surface area contributed by atoms with E-state index in [-0.39, 0.29) is 5.91 Å². The van der Waals surface area contributed by atoms with Crippen LogP contribution in [0.3, 0.4) is 0 Å². The van der Waals surface area contributed by atoms with Crippen LogP contribution in [0.4, 0.5) is 5.82 Å². The Kier molecular flexibility index (Phi) is 4.86. The number of carbonyl (C=O) groups is 1. The Morgan fingerprint density at radius 2 is 1.58 bits per heavy atom. The van der Waals surface area contributed by atoms with E-state index in [4.69, 9.17) is 4.98 Å². The first-order valence-electron chi connectivity index (χ1n) is 10.5. The highest BCUT2D eigenvalue weighted by molar-refractivity contribution is 5.94. The molecule has 1 fully saturated rings. The fraction of sp³-hybridized carbons (Fsp3) is 0.250. The summed E-state index contributed by atoms with van der Waals surface area (Å²) in [5, 5.41) is 5.52. The molecule has 1 amide bonds. The second-order valence-corrected chi connectivity index (χ2v) is 7.87. The van der Waals surface area contributed by atoms with E-state index in [1.807, 2.05) is 65.2 Å². The molecule has 0 N–H and O–H groups in total. The molecule has 156 valence electrons. The lowest BCUT2D eigenvalue weighted by atomic mass is 10.2. The van der Waals surface area contributed by atoms with Crippen LogP contribution in [-0.2, 0) is 0 Å². The highest BCUT2D eigenvalue weighted by Crippen LogP contribution is 2.27. The van der Waals surface area contributed by atoms with Crippen molar-refractivity contribution in [3.63, 3.8) is 0 Å². The van der Waals surface area contributed by atoms with Crippen LogP contribution in [0.15, 0.2) is 60.8 Å². The fourth-order valence-electron chi connectivity index (χ4n) is 4.00. The lowest BCUT2D eigenvalue weighted by molar-refractivity contribution is 0.0746. The minimum Gasteiger partial charge on any atom is -0.352 e. The van der Waals surface area contributed by atoms with E-state index < -0.39 is 0 Å². The monoisotopic (exact) mass is 412 g/mol. The summed E-state index contributed by atoms with van der Waals surface area (Å²) < 4.78 is 1.86. The van der Waals surface area contributed by atoms with Gasteiger partial charge in [0.05, 0.1) is 17.3 Å². The molecule has 1 aliphatic heterocycles. The Balaban J connectivity index is 1.41. The zero-order valence-electron chi connectivity index (χ0n) is 17.7. The molecule has 0 spiro atoms. The van der Waals surface area contributed by atoms with Gasteiger partial charge in [-0.25, -0.2) is 14.6 Å². The number of benzene rings is 2. The average Bonchev–Trinajstić information content (AvgIpc) is 3.23. The van der Waals surface area contributed by atoms with E-state index >= 15 is 0 Å². The molecule has 1 saturated heterocycles. The molecule has 0 bridgehead atoms. The van der Waals surface area contributed by atoms with Gasteiger partial charge in [-0.05, 0) is 38.1 Å². The molecule has 3 heterocycles. The predicted molar refractivity (Wildman–Crippen MR) is 121 cm³/mol. The zero-order valence-corrected chi connectivity index (χ0v) is 17.7. The summed E-state index contributed by atoms with van der Waals surface area (Å²) in [6.45, 7) is 6.73. The number of hydrogen-bond acceptors (Lipinski definition) is 5. The maximum Gasteiger partial charge on any atom is 0.253 e. The van der Waals surface area contributed by atoms with Gasteiger partial charge in [0.1, 0.15) is 11.6 Å². The number of piperazine rings is 1. The van der Waals surface area contributed by atoms with Crippen molar-refractivity contribution in [2.75, 3.05) is 31.1 Å². The second-order valence-electron chi connectivity index (χ2n) is 7.87. The predicted octanol–water partition coefficient (Wildman–Crippen LogP) is 3.39. The van der Waals surface area contributed by atoms with E-state index in [9.17, 15) is 4.79 Å². The van der Waals surface area contributed by atoms with Gasteiger partial charge >= 0.3 is 0 Å². The molecule has 0 atom stereocenters. The Labute approximate surface area is 181 Å². The number of hydrogen-bond donors (Lipinski definition) is 0. The third-order valence-corrected chi connectivity index (χ3v) is 5.69. The van der Waals surface area contributed by atoms with Gasteiger partial charge in [-0.15, -0.1) is 0 Å². The first-order valence-corrected chi connectivity index (χ1v) is 10.5. The summed E-state index contributed by atoms with van der Waals surface area (Å²) in [6.07, 6.45) is 1.84. The number of anilines is 1. The lowest BCUT2D eigenvalue weighted by Crippen LogP contribution is -2.49. The van der Waals surface area contributed by atoms with Gasteiger partial charge in [0.2, 0.25) is 0 Å². The van der Waals surface area contributed by atoms with Gasteiger partial charge in [0, 0.05) is 31.7 Å². The minimum absolute atomic E-state index is 0.0801. The van der Waals surface area contributed by atoms with E-state index in [1.54, 1.807) is 0 Å². The van der Waals surface area contributed by atoms with Crippen molar-refractivity contribution in [3.05, 3.63) is 77.7 Å². The summed E-state index contributed by atoms with van der Waals surface area (Å²) in [7, 11) is 0. The van der Waals surface area contributed by atoms with E-state index in [0.717, 1.165) is 41.2 Å². The lowest BCUT2D eigenvalue weighted by Gasteiger charge is -2.35. The molecular weight excluding hydrogens is 388 g/mol. The van der Waals surface area contributed by atoms with Crippen LogP contribution in [0.1, 0.15) is 21.7 Å². The van der Waals surface area contributed by atoms with Gasteiger partial charge in [-0.1, -0.05) is 35.9 Å². The molecule has 2 aromatic carbocycles. The maximum absolute atomic E-state index is 12.8. The van der Waals surface area contributed by atoms with Crippen LogP contribution < -0.4 is 4.90 Å². The SMILES string of the molecule is Cc1ccc(-n2ncc3c(N4CCN(C(=O)c5ccccc5)CC4)nc(C)nc32)cc1. The Morgan fingerprint density at radius 1 is 0.871 bits per heavy atom. The normalized spacial score (nSPS) is 14.3. The van der Waals surface area contributed by atoms with Crippen LogP contribution in [0, 0.1) is 13.8 Å². The number of carbonyl (C=O) groups excluding carboxylic acids is 1. The van der Waals surface area contributed by atoms with E-state index in [2.05, 4.69) is 34.0 Å². The van der Waals surface area contributed by atoms with Crippen molar-refractivity contribution in [1.29, 1.82) is 0 Å². The smallest absolute Gasteiger partial charge is 0.253 e. The Hall–Kier alpha value is -3.74. The first-order chi connectivity index (χ1) is 15.1. The van der Waals surface area contributed by atoms with Crippen molar-refractivity contribution in [3.8, 4) is 5.69 Å². The fourth-order valence-corrected chi connectivity index (χ4v) is 4.00. The average molecular weight is 412 g/mol. The summed E-state index contributed by atoms with van der Waals surface area (Å²) in [4.78, 5) is 26.3. The van der Waals surface area contributed by atoms with Crippen molar-refractivity contribution >= 4 is 22.8 Å². The Bertz CT molecular complexity index is 1220. The molecule has 31 heavy (non-hydrogen) atoms. The van der Waals surface area contributed by atoms with Crippen molar-refractivity contribution in [2.45, 2.75) is 13.8 Å². The number of aryl methyl sites for hydroxylation is 2. The highest BCUT2D eigenvalue weighted by Gasteiger charge is 2.25. The van der Waals surface area contributed by atoms with Gasteiger partial charge in [0.25, 0.3) is 5.91 Å². The van der Waals surface area contributed by atoms with Crippen molar-refractivity contribution < 1.29 is 4.79 Å². The summed E-state index contributed by atoms with van der Waals surface area (Å²) in [5.74, 6) is 1.67. The third-order valence-electron chi connectivity index (χ3n) is 5.69. The standard InChI is InChI=1S/C24H24N6O/c1-17-8-10-20(11-9-17)30-23-21(16-25-30)22(26-18(2)27-23)28-12-14-29(15-13-28)24(31)19-6-4-3-5-7-19/h3-11,16H,12-15H2,1-2H3. The van der Waals surface area contributed by atoms with Crippen LogP contribution in [0.2, 0.25) is 0 Å². The minimum atomic E-state index is 0.0801. The van der Waals surface area contributed by atoms with E-state index in [1.165, 1.54) is 5.56 Å². The van der Waals surface area contributed by atoms with Gasteiger partial charge in [-0.2, -0.15) is 5.10 Å².